The zero-order chi connectivity index (χ0) is 20.5. The highest BCUT2D eigenvalue weighted by molar-refractivity contribution is 6.36. The summed E-state index contributed by atoms with van der Waals surface area (Å²) in [5.74, 6) is -0.251. The molecule has 0 saturated carbocycles. The van der Waals surface area contributed by atoms with Crippen LogP contribution >= 0.6 is 23.2 Å². The topological polar surface area (TPSA) is 42.0 Å². The number of para-hydroxylation sites is 1. The normalized spacial score (nSPS) is 10.9. The lowest BCUT2D eigenvalue weighted by Gasteiger charge is -2.15. The number of carbonyl (C=O) groups excluding carboxylic acids is 1. The smallest absolute Gasteiger partial charge is 0.256 e. The van der Waals surface area contributed by atoms with Crippen molar-refractivity contribution in [1.82, 2.24) is 4.98 Å². The van der Waals surface area contributed by atoms with Crippen molar-refractivity contribution >= 4 is 45.7 Å². The Kier molecular flexibility index (Phi) is 5.27. The molecule has 5 heteroatoms. The molecule has 1 heterocycles. The molecule has 0 fully saturated rings. The lowest BCUT2D eigenvalue weighted by molar-refractivity contribution is 0.102. The predicted octanol–water partition coefficient (Wildman–Crippen LogP) is 7.08. The van der Waals surface area contributed by atoms with Crippen molar-refractivity contribution in [3.05, 3.63) is 93.5 Å². The number of nitrogens with zero attached hydrogens (tertiary/aromatic N) is 1. The lowest BCUT2D eigenvalue weighted by atomic mass is 9.96. The summed E-state index contributed by atoms with van der Waals surface area (Å²) in [5.41, 5.74) is 5.53. The molecule has 4 aromatic rings. The van der Waals surface area contributed by atoms with Crippen molar-refractivity contribution in [3.63, 3.8) is 0 Å². The van der Waals surface area contributed by atoms with Gasteiger partial charge in [0.25, 0.3) is 5.91 Å². The maximum absolute atomic E-state index is 13.3. The third-order valence-electron chi connectivity index (χ3n) is 4.86. The average Bonchev–Trinajstić information content (AvgIpc) is 2.71. The molecule has 29 heavy (non-hydrogen) atoms. The van der Waals surface area contributed by atoms with E-state index in [9.17, 15) is 4.79 Å². The first-order valence-electron chi connectivity index (χ1n) is 9.17. The molecule has 0 aliphatic carbocycles. The van der Waals surface area contributed by atoms with Gasteiger partial charge in [-0.1, -0.05) is 71.2 Å². The number of hydrogen-bond acceptors (Lipinski definition) is 2. The van der Waals surface area contributed by atoms with E-state index < -0.39 is 0 Å². The molecule has 1 amide bonds. The second-order valence-corrected chi connectivity index (χ2v) is 7.77. The zero-order valence-corrected chi connectivity index (χ0v) is 17.5. The average molecular weight is 421 g/mol. The van der Waals surface area contributed by atoms with Crippen LogP contribution in [0.25, 0.3) is 22.2 Å². The number of aromatic nitrogens is 1. The van der Waals surface area contributed by atoms with Gasteiger partial charge in [0.05, 0.1) is 27.5 Å². The molecule has 0 radical (unpaired) electrons. The molecule has 0 spiro atoms. The molecule has 0 unspecified atom stereocenters. The SMILES string of the molecule is Cc1ccc(-c2nc3ccccc3c(C(=O)Nc3cc(Cl)ccc3Cl)c2C)cc1. The Balaban J connectivity index is 1.88. The first kappa shape index (κ1) is 19.4. The van der Waals surface area contributed by atoms with Crippen molar-refractivity contribution in [2.75, 3.05) is 5.32 Å². The highest BCUT2D eigenvalue weighted by Gasteiger charge is 2.19. The van der Waals surface area contributed by atoms with Crippen LogP contribution in [0.1, 0.15) is 21.5 Å². The van der Waals surface area contributed by atoms with Gasteiger partial charge in [-0.05, 0) is 43.7 Å². The number of rotatable bonds is 3. The summed E-state index contributed by atoms with van der Waals surface area (Å²) >= 11 is 12.3. The van der Waals surface area contributed by atoms with Crippen LogP contribution in [0, 0.1) is 13.8 Å². The van der Waals surface area contributed by atoms with Crippen LogP contribution < -0.4 is 5.32 Å². The summed E-state index contributed by atoms with van der Waals surface area (Å²) in [6, 6.07) is 20.7. The van der Waals surface area contributed by atoms with E-state index in [1.807, 2.05) is 62.4 Å². The number of nitrogens with one attached hydrogen (secondary N) is 1. The van der Waals surface area contributed by atoms with Crippen LogP contribution in [0.5, 0.6) is 0 Å². The van der Waals surface area contributed by atoms with E-state index >= 15 is 0 Å². The number of benzene rings is 3. The summed E-state index contributed by atoms with van der Waals surface area (Å²) in [4.78, 5) is 18.1. The highest BCUT2D eigenvalue weighted by atomic mass is 35.5. The second kappa shape index (κ2) is 7.86. The molecule has 0 atom stereocenters. The van der Waals surface area contributed by atoms with E-state index in [4.69, 9.17) is 28.2 Å². The Morgan fingerprint density at radius 1 is 0.931 bits per heavy atom. The molecule has 0 bridgehead atoms. The van der Waals surface area contributed by atoms with E-state index in [0.717, 1.165) is 27.7 Å². The minimum atomic E-state index is -0.251. The largest absolute Gasteiger partial charge is 0.321 e. The van der Waals surface area contributed by atoms with E-state index in [2.05, 4.69) is 5.32 Å². The zero-order valence-electron chi connectivity index (χ0n) is 16.0. The molecule has 144 valence electrons. The van der Waals surface area contributed by atoms with Crippen LogP contribution in [-0.2, 0) is 0 Å². The predicted molar refractivity (Wildman–Crippen MR) is 121 cm³/mol. The summed E-state index contributed by atoms with van der Waals surface area (Å²) in [7, 11) is 0. The van der Waals surface area contributed by atoms with Gasteiger partial charge in [0.1, 0.15) is 0 Å². The van der Waals surface area contributed by atoms with Crippen molar-refractivity contribution in [2.45, 2.75) is 13.8 Å². The lowest BCUT2D eigenvalue weighted by Crippen LogP contribution is -2.15. The minimum Gasteiger partial charge on any atom is -0.321 e. The fraction of sp³-hybridized carbons (Fsp3) is 0.0833. The van der Waals surface area contributed by atoms with Crippen LogP contribution in [0.15, 0.2) is 66.7 Å². The Labute approximate surface area is 179 Å². The standard InChI is InChI=1S/C24H18Cl2N2O/c1-14-7-9-16(10-8-14)23-15(2)22(18-5-3-4-6-20(18)27-23)24(29)28-21-13-17(25)11-12-19(21)26/h3-13H,1-2H3,(H,28,29). The van der Waals surface area contributed by atoms with Crippen molar-refractivity contribution in [1.29, 1.82) is 0 Å². The first-order valence-corrected chi connectivity index (χ1v) is 9.92. The Morgan fingerprint density at radius 2 is 1.66 bits per heavy atom. The molecular weight excluding hydrogens is 403 g/mol. The van der Waals surface area contributed by atoms with E-state index in [0.29, 0.717) is 21.3 Å². The molecular formula is C24H18Cl2N2O. The number of amides is 1. The molecule has 4 rings (SSSR count). The van der Waals surface area contributed by atoms with Gasteiger partial charge >= 0.3 is 0 Å². The minimum absolute atomic E-state index is 0.251. The number of aryl methyl sites for hydroxylation is 1. The van der Waals surface area contributed by atoms with Gasteiger partial charge < -0.3 is 5.32 Å². The van der Waals surface area contributed by atoms with Gasteiger partial charge in [-0.3, -0.25) is 4.79 Å². The Morgan fingerprint density at radius 3 is 2.41 bits per heavy atom. The van der Waals surface area contributed by atoms with E-state index in [1.165, 1.54) is 5.56 Å². The molecule has 3 aromatic carbocycles. The highest BCUT2D eigenvalue weighted by Crippen LogP contribution is 2.32. The van der Waals surface area contributed by atoms with Crippen molar-refractivity contribution in [2.24, 2.45) is 0 Å². The van der Waals surface area contributed by atoms with E-state index in [-0.39, 0.29) is 5.91 Å². The van der Waals surface area contributed by atoms with Crippen LogP contribution in [0.2, 0.25) is 10.0 Å². The Bertz CT molecular complexity index is 1230. The van der Waals surface area contributed by atoms with Crippen molar-refractivity contribution < 1.29 is 4.79 Å². The van der Waals surface area contributed by atoms with Crippen LogP contribution in [0.3, 0.4) is 0 Å². The summed E-state index contributed by atoms with van der Waals surface area (Å²) < 4.78 is 0. The maximum atomic E-state index is 13.3. The second-order valence-electron chi connectivity index (χ2n) is 6.92. The van der Waals surface area contributed by atoms with Crippen LogP contribution in [-0.4, -0.2) is 10.9 Å². The molecule has 1 aromatic heterocycles. The Hall–Kier alpha value is -2.88. The number of pyridine rings is 1. The number of anilines is 1. The van der Waals surface area contributed by atoms with Gasteiger partial charge in [-0.2, -0.15) is 0 Å². The fourth-order valence-electron chi connectivity index (χ4n) is 3.37. The van der Waals surface area contributed by atoms with Gasteiger partial charge in [-0.25, -0.2) is 4.98 Å². The van der Waals surface area contributed by atoms with E-state index in [1.54, 1.807) is 18.2 Å². The molecule has 0 saturated heterocycles. The number of fused-ring (bicyclic) bond motifs is 1. The third-order valence-corrected chi connectivity index (χ3v) is 5.43. The molecule has 0 aliphatic rings. The van der Waals surface area contributed by atoms with Gasteiger partial charge in [0, 0.05) is 16.0 Å². The maximum Gasteiger partial charge on any atom is 0.256 e. The first-order chi connectivity index (χ1) is 13.9. The van der Waals surface area contributed by atoms with Gasteiger partial charge in [0.15, 0.2) is 0 Å². The number of hydrogen-bond donors (Lipinski definition) is 1. The van der Waals surface area contributed by atoms with Gasteiger partial charge in [-0.15, -0.1) is 0 Å². The molecule has 0 aliphatic heterocycles. The quantitative estimate of drug-likeness (QED) is 0.384. The third kappa shape index (κ3) is 3.84. The molecule has 3 nitrogen and oxygen atoms in total. The molecule has 1 N–H and O–H groups in total. The van der Waals surface area contributed by atoms with Crippen molar-refractivity contribution in [3.8, 4) is 11.3 Å². The number of halogens is 2. The van der Waals surface area contributed by atoms with Gasteiger partial charge in [0.2, 0.25) is 0 Å². The fourth-order valence-corrected chi connectivity index (χ4v) is 3.71. The summed E-state index contributed by atoms with van der Waals surface area (Å²) in [6.07, 6.45) is 0. The summed E-state index contributed by atoms with van der Waals surface area (Å²) in [6.45, 7) is 3.96. The van der Waals surface area contributed by atoms with Crippen LogP contribution in [0.4, 0.5) is 5.69 Å². The number of carbonyl (C=O) groups is 1. The monoisotopic (exact) mass is 420 g/mol. The summed E-state index contributed by atoms with van der Waals surface area (Å²) in [5, 5.41) is 4.62.